The molecule has 0 saturated carbocycles. The quantitative estimate of drug-likeness (QED) is 0.572. The maximum absolute atomic E-state index is 12.3. The molecule has 2 N–H and O–H groups in total. The van der Waals surface area contributed by atoms with Crippen LogP contribution in [0.4, 0.5) is 24.7 Å². The second-order valence-electron chi connectivity index (χ2n) is 6.76. The van der Waals surface area contributed by atoms with Gasteiger partial charge in [0, 0.05) is 13.1 Å². The third-order valence-corrected chi connectivity index (χ3v) is 5.91. The van der Waals surface area contributed by atoms with E-state index in [1.165, 1.54) is 6.20 Å². The molecule has 1 saturated heterocycles. The lowest BCUT2D eigenvalue weighted by molar-refractivity contribution is -0.153. The molecule has 1 aliphatic rings. The van der Waals surface area contributed by atoms with Crippen LogP contribution in [0.3, 0.4) is 0 Å². The standard InChI is InChI=1S/C18H17Cl3F3N5O/c19-12-3-1-2-11(15(12)20)10-4-6-29(7-5-10)13-9-25-27-17(16(13)21)28-26-14(30)8-18(22,23)24/h1-3,9-10H,4-8H2,(H,26,30)(H,27,28). The van der Waals surface area contributed by atoms with Gasteiger partial charge < -0.3 is 4.90 Å². The summed E-state index contributed by atoms with van der Waals surface area (Å²) in [7, 11) is 0. The number of carbonyl (C=O) groups excluding carboxylic acids is 1. The Morgan fingerprint density at radius 2 is 1.87 bits per heavy atom. The molecule has 1 aliphatic heterocycles. The molecule has 0 bridgehead atoms. The van der Waals surface area contributed by atoms with Gasteiger partial charge in [-0.15, -0.1) is 5.10 Å². The van der Waals surface area contributed by atoms with Crippen molar-refractivity contribution in [3.8, 4) is 0 Å². The highest BCUT2D eigenvalue weighted by atomic mass is 35.5. The molecule has 0 unspecified atom stereocenters. The minimum atomic E-state index is -4.61. The van der Waals surface area contributed by atoms with Crippen molar-refractivity contribution in [3.05, 3.63) is 45.0 Å². The third kappa shape index (κ3) is 5.59. The van der Waals surface area contributed by atoms with Crippen LogP contribution < -0.4 is 15.8 Å². The summed E-state index contributed by atoms with van der Waals surface area (Å²) in [4.78, 5) is 13.3. The molecule has 12 heteroatoms. The first-order valence-corrected chi connectivity index (χ1v) is 10.1. The van der Waals surface area contributed by atoms with Crippen molar-refractivity contribution in [1.29, 1.82) is 0 Å². The Kier molecular flexibility index (Phi) is 7.15. The number of rotatable bonds is 5. The van der Waals surface area contributed by atoms with E-state index in [1.807, 2.05) is 22.5 Å². The summed E-state index contributed by atoms with van der Waals surface area (Å²) in [5.41, 5.74) is 5.79. The molecule has 0 aliphatic carbocycles. The number of hydrogen-bond acceptors (Lipinski definition) is 5. The molecule has 2 heterocycles. The Morgan fingerprint density at radius 1 is 1.17 bits per heavy atom. The van der Waals surface area contributed by atoms with Gasteiger partial charge in [-0.05, 0) is 30.4 Å². The first-order valence-electron chi connectivity index (χ1n) is 8.97. The van der Waals surface area contributed by atoms with Crippen molar-refractivity contribution < 1.29 is 18.0 Å². The Labute approximate surface area is 185 Å². The van der Waals surface area contributed by atoms with Crippen LogP contribution in [0, 0.1) is 0 Å². The van der Waals surface area contributed by atoms with Crippen molar-refractivity contribution in [2.24, 2.45) is 0 Å². The molecule has 1 aromatic heterocycles. The lowest BCUT2D eigenvalue weighted by Gasteiger charge is -2.34. The second-order valence-corrected chi connectivity index (χ2v) is 7.93. The van der Waals surface area contributed by atoms with Gasteiger partial charge in [-0.3, -0.25) is 15.6 Å². The predicted octanol–water partition coefficient (Wildman–Crippen LogP) is 5.22. The number of anilines is 2. The minimum absolute atomic E-state index is 0.0373. The normalized spacial score (nSPS) is 15.2. The van der Waals surface area contributed by atoms with Crippen molar-refractivity contribution in [2.75, 3.05) is 23.4 Å². The Morgan fingerprint density at radius 3 is 2.53 bits per heavy atom. The number of aromatic nitrogens is 2. The number of halogens is 6. The van der Waals surface area contributed by atoms with Crippen molar-refractivity contribution in [3.63, 3.8) is 0 Å². The highest BCUT2D eigenvalue weighted by molar-refractivity contribution is 6.42. The highest BCUT2D eigenvalue weighted by Crippen LogP contribution is 2.39. The van der Waals surface area contributed by atoms with Gasteiger partial charge in [0.1, 0.15) is 11.4 Å². The molecular weight excluding hydrogens is 466 g/mol. The summed E-state index contributed by atoms with van der Waals surface area (Å²) in [6, 6.07) is 5.57. The molecule has 2 aromatic rings. The number of carbonyl (C=O) groups is 1. The Balaban J connectivity index is 1.64. The maximum Gasteiger partial charge on any atom is 0.397 e. The second kappa shape index (κ2) is 9.45. The Bertz CT molecular complexity index is 920. The average Bonchev–Trinajstić information content (AvgIpc) is 2.68. The van der Waals surface area contributed by atoms with Crippen LogP contribution in [0.25, 0.3) is 0 Å². The zero-order chi connectivity index (χ0) is 21.9. The number of nitrogens with zero attached hydrogens (tertiary/aromatic N) is 3. The van der Waals surface area contributed by atoms with Gasteiger partial charge in [0.25, 0.3) is 0 Å². The van der Waals surface area contributed by atoms with Crippen molar-refractivity contribution in [2.45, 2.75) is 31.4 Å². The molecule has 1 aromatic carbocycles. The topological polar surface area (TPSA) is 70.1 Å². The van der Waals surface area contributed by atoms with Gasteiger partial charge in [-0.2, -0.15) is 18.3 Å². The fourth-order valence-electron chi connectivity index (χ4n) is 3.29. The van der Waals surface area contributed by atoms with E-state index in [0.29, 0.717) is 28.8 Å². The van der Waals surface area contributed by atoms with E-state index < -0.39 is 18.5 Å². The average molecular weight is 483 g/mol. The summed E-state index contributed by atoms with van der Waals surface area (Å²) in [6.45, 7) is 1.30. The summed E-state index contributed by atoms with van der Waals surface area (Å²) < 4.78 is 36.8. The summed E-state index contributed by atoms with van der Waals surface area (Å²) in [5.74, 6) is -1.06. The van der Waals surface area contributed by atoms with Crippen LogP contribution >= 0.6 is 34.8 Å². The van der Waals surface area contributed by atoms with Crippen LogP contribution in [0.1, 0.15) is 30.7 Å². The molecule has 0 radical (unpaired) electrons. The summed E-state index contributed by atoms with van der Waals surface area (Å²) >= 11 is 18.8. The van der Waals surface area contributed by atoms with Crippen LogP contribution in [0.15, 0.2) is 24.4 Å². The van der Waals surface area contributed by atoms with E-state index in [0.717, 1.165) is 18.4 Å². The molecule has 1 amide bonds. The predicted molar refractivity (Wildman–Crippen MR) is 110 cm³/mol. The van der Waals surface area contributed by atoms with Gasteiger partial charge in [0.2, 0.25) is 5.91 Å². The van der Waals surface area contributed by atoms with E-state index in [9.17, 15) is 18.0 Å². The zero-order valence-corrected chi connectivity index (χ0v) is 17.7. The number of alkyl halides is 3. The molecule has 0 spiro atoms. The third-order valence-electron chi connectivity index (χ3n) is 4.71. The molecule has 0 atom stereocenters. The lowest BCUT2D eigenvalue weighted by atomic mass is 9.89. The van der Waals surface area contributed by atoms with Crippen molar-refractivity contribution in [1.82, 2.24) is 15.6 Å². The fraction of sp³-hybridized carbons (Fsp3) is 0.389. The van der Waals surface area contributed by atoms with Crippen LogP contribution in [-0.4, -0.2) is 35.4 Å². The molecular formula is C18H17Cl3F3N5O. The van der Waals surface area contributed by atoms with Crippen LogP contribution in [0.5, 0.6) is 0 Å². The van der Waals surface area contributed by atoms with Gasteiger partial charge in [-0.1, -0.05) is 46.9 Å². The van der Waals surface area contributed by atoms with Gasteiger partial charge in [0.05, 0.1) is 21.9 Å². The molecule has 30 heavy (non-hydrogen) atoms. The van der Waals surface area contributed by atoms with E-state index >= 15 is 0 Å². The van der Waals surface area contributed by atoms with E-state index in [-0.39, 0.29) is 16.8 Å². The highest BCUT2D eigenvalue weighted by Gasteiger charge is 2.31. The van der Waals surface area contributed by atoms with E-state index in [2.05, 4.69) is 15.6 Å². The van der Waals surface area contributed by atoms with Gasteiger partial charge in [-0.25, -0.2) is 0 Å². The van der Waals surface area contributed by atoms with Gasteiger partial charge in [0.15, 0.2) is 5.82 Å². The number of benzene rings is 1. The molecule has 162 valence electrons. The SMILES string of the molecule is O=C(CC(F)(F)F)NNc1nncc(N2CCC(c3cccc(Cl)c3Cl)CC2)c1Cl. The van der Waals surface area contributed by atoms with E-state index in [4.69, 9.17) is 34.8 Å². The largest absolute Gasteiger partial charge is 0.397 e. The minimum Gasteiger partial charge on any atom is -0.369 e. The van der Waals surface area contributed by atoms with Crippen LogP contribution in [0.2, 0.25) is 15.1 Å². The summed E-state index contributed by atoms with van der Waals surface area (Å²) in [6.07, 6.45) is -3.17. The smallest absolute Gasteiger partial charge is 0.369 e. The number of piperidine rings is 1. The fourth-order valence-corrected chi connectivity index (χ4v) is 4.00. The first kappa shape index (κ1) is 22.7. The molecule has 6 nitrogen and oxygen atoms in total. The van der Waals surface area contributed by atoms with Gasteiger partial charge >= 0.3 is 6.18 Å². The summed E-state index contributed by atoms with van der Waals surface area (Å²) in [5, 5.41) is 8.79. The van der Waals surface area contributed by atoms with Crippen molar-refractivity contribution >= 4 is 52.2 Å². The monoisotopic (exact) mass is 481 g/mol. The lowest BCUT2D eigenvalue weighted by Crippen LogP contribution is -2.35. The molecule has 3 rings (SSSR count). The van der Waals surface area contributed by atoms with Crippen LogP contribution in [-0.2, 0) is 4.79 Å². The zero-order valence-electron chi connectivity index (χ0n) is 15.4. The number of nitrogens with one attached hydrogen (secondary N) is 2. The first-order chi connectivity index (χ1) is 14.2. The number of hydrazine groups is 1. The number of hydrogen-bond donors (Lipinski definition) is 2. The number of amides is 1. The van der Waals surface area contributed by atoms with E-state index in [1.54, 1.807) is 6.07 Å². The Hall–Kier alpha value is -1.97. The maximum atomic E-state index is 12.3. The molecule has 1 fully saturated rings.